The van der Waals surface area contributed by atoms with Crippen LogP contribution in [0.4, 0.5) is 11.5 Å². The highest BCUT2D eigenvalue weighted by molar-refractivity contribution is 5.89. The van der Waals surface area contributed by atoms with Crippen molar-refractivity contribution < 1.29 is 9.90 Å². The van der Waals surface area contributed by atoms with E-state index in [9.17, 15) is 4.79 Å². The van der Waals surface area contributed by atoms with Crippen molar-refractivity contribution >= 4 is 17.5 Å². The second-order valence-corrected chi connectivity index (χ2v) is 4.17. The van der Waals surface area contributed by atoms with Crippen LogP contribution in [0.1, 0.15) is 10.4 Å². The maximum atomic E-state index is 10.7. The van der Waals surface area contributed by atoms with Crippen molar-refractivity contribution in [2.75, 3.05) is 44.9 Å². The predicted octanol–water partition coefficient (Wildman–Crippen LogP) is 0.360. The van der Waals surface area contributed by atoms with Gasteiger partial charge in [0.05, 0.1) is 11.3 Å². The van der Waals surface area contributed by atoms with Crippen molar-refractivity contribution in [2.24, 2.45) is 0 Å². The molecule has 0 amide bonds. The average molecular weight is 238 g/mol. The van der Waals surface area contributed by atoms with Gasteiger partial charge in [-0.3, -0.25) is 0 Å². The normalized spacial score (nSPS) is 10.6. The molecule has 0 aliphatic rings. The average Bonchev–Trinajstić information content (AvgIpc) is 2.25. The van der Waals surface area contributed by atoms with Crippen LogP contribution in [0.3, 0.4) is 0 Å². The summed E-state index contributed by atoms with van der Waals surface area (Å²) in [4.78, 5) is 18.8. The van der Waals surface area contributed by atoms with Crippen molar-refractivity contribution in [1.82, 2.24) is 9.88 Å². The van der Waals surface area contributed by atoms with E-state index in [2.05, 4.69) is 9.88 Å². The molecule has 0 radical (unpaired) electrons. The first-order valence-corrected chi connectivity index (χ1v) is 5.26. The minimum absolute atomic E-state index is 0.104. The van der Waals surface area contributed by atoms with Crippen LogP contribution in [0.5, 0.6) is 0 Å². The Morgan fingerprint density at radius 3 is 2.53 bits per heavy atom. The SMILES string of the molecule is CN(C)CCN(C)c1ncc(C(=O)O)cc1N. The summed E-state index contributed by atoms with van der Waals surface area (Å²) in [5.41, 5.74) is 6.27. The summed E-state index contributed by atoms with van der Waals surface area (Å²) in [6, 6.07) is 1.43. The molecule has 0 bridgehead atoms. The van der Waals surface area contributed by atoms with Gasteiger partial charge in [-0.15, -0.1) is 0 Å². The lowest BCUT2D eigenvalue weighted by Crippen LogP contribution is -2.29. The molecule has 0 aromatic carbocycles. The summed E-state index contributed by atoms with van der Waals surface area (Å²) in [6.07, 6.45) is 1.32. The Kier molecular flexibility index (Phi) is 4.28. The summed E-state index contributed by atoms with van der Waals surface area (Å²) in [6.45, 7) is 1.65. The molecule has 0 aliphatic heterocycles. The Morgan fingerprint density at radius 1 is 1.41 bits per heavy atom. The number of anilines is 2. The van der Waals surface area contributed by atoms with Gasteiger partial charge in [-0.25, -0.2) is 9.78 Å². The third kappa shape index (κ3) is 3.60. The van der Waals surface area contributed by atoms with Crippen LogP contribution in [0.25, 0.3) is 0 Å². The fourth-order valence-corrected chi connectivity index (χ4v) is 1.37. The zero-order valence-corrected chi connectivity index (χ0v) is 10.3. The van der Waals surface area contributed by atoms with Crippen LogP contribution < -0.4 is 10.6 Å². The number of aromatic carboxylic acids is 1. The van der Waals surface area contributed by atoms with E-state index in [-0.39, 0.29) is 5.56 Å². The van der Waals surface area contributed by atoms with Gasteiger partial charge in [0.15, 0.2) is 5.82 Å². The lowest BCUT2D eigenvalue weighted by atomic mass is 10.2. The van der Waals surface area contributed by atoms with Gasteiger partial charge in [0.25, 0.3) is 0 Å². The number of likely N-dealkylation sites (N-methyl/N-ethyl adjacent to an activating group) is 2. The smallest absolute Gasteiger partial charge is 0.337 e. The molecule has 0 saturated heterocycles. The molecule has 94 valence electrons. The van der Waals surface area contributed by atoms with Crippen LogP contribution in [-0.4, -0.2) is 55.2 Å². The van der Waals surface area contributed by atoms with E-state index in [0.717, 1.165) is 13.1 Å². The number of nitrogen functional groups attached to an aromatic ring is 1. The first kappa shape index (κ1) is 13.2. The summed E-state index contributed by atoms with van der Waals surface area (Å²) >= 11 is 0. The monoisotopic (exact) mass is 238 g/mol. The van der Waals surface area contributed by atoms with Crippen LogP contribution >= 0.6 is 0 Å². The minimum atomic E-state index is -1.02. The van der Waals surface area contributed by atoms with Gasteiger partial charge in [0, 0.05) is 26.3 Å². The van der Waals surface area contributed by atoms with Gasteiger partial charge in [-0.2, -0.15) is 0 Å². The molecule has 17 heavy (non-hydrogen) atoms. The van der Waals surface area contributed by atoms with Crippen molar-refractivity contribution in [3.8, 4) is 0 Å². The Balaban J connectivity index is 2.81. The van der Waals surface area contributed by atoms with E-state index < -0.39 is 5.97 Å². The topological polar surface area (TPSA) is 82.7 Å². The first-order valence-electron chi connectivity index (χ1n) is 5.26. The Hall–Kier alpha value is -1.82. The highest BCUT2D eigenvalue weighted by Gasteiger charge is 2.11. The number of carbonyl (C=O) groups is 1. The largest absolute Gasteiger partial charge is 0.478 e. The Morgan fingerprint density at radius 2 is 2.06 bits per heavy atom. The van der Waals surface area contributed by atoms with E-state index in [1.165, 1.54) is 12.3 Å². The molecule has 0 saturated carbocycles. The molecule has 0 aliphatic carbocycles. The van der Waals surface area contributed by atoms with E-state index >= 15 is 0 Å². The first-order chi connectivity index (χ1) is 7.91. The van der Waals surface area contributed by atoms with Gasteiger partial charge >= 0.3 is 5.97 Å². The van der Waals surface area contributed by atoms with Crippen LogP contribution in [-0.2, 0) is 0 Å². The zero-order chi connectivity index (χ0) is 13.0. The molecule has 1 heterocycles. The Labute approximate surface area is 101 Å². The molecule has 1 aromatic rings. The maximum Gasteiger partial charge on any atom is 0.337 e. The summed E-state index contributed by atoms with van der Waals surface area (Å²) in [5, 5.41) is 8.80. The minimum Gasteiger partial charge on any atom is -0.478 e. The van der Waals surface area contributed by atoms with E-state index in [4.69, 9.17) is 10.8 Å². The zero-order valence-electron chi connectivity index (χ0n) is 10.3. The van der Waals surface area contributed by atoms with Gasteiger partial charge in [0.2, 0.25) is 0 Å². The number of hydrogen-bond acceptors (Lipinski definition) is 5. The van der Waals surface area contributed by atoms with Crippen molar-refractivity contribution in [1.29, 1.82) is 0 Å². The molecular weight excluding hydrogens is 220 g/mol. The fourth-order valence-electron chi connectivity index (χ4n) is 1.37. The molecule has 0 unspecified atom stereocenters. The molecule has 1 aromatic heterocycles. The van der Waals surface area contributed by atoms with Gasteiger partial charge in [-0.05, 0) is 20.2 Å². The highest BCUT2D eigenvalue weighted by atomic mass is 16.4. The third-order valence-electron chi connectivity index (χ3n) is 2.39. The Bertz CT molecular complexity index is 406. The molecule has 0 spiro atoms. The second-order valence-electron chi connectivity index (χ2n) is 4.17. The lowest BCUT2D eigenvalue weighted by Gasteiger charge is -2.21. The molecule has 6 heteroatoms. The number of pyridine rings is 1. The molecule has 0 fully saturated rings. The predicted molar refractivity (Wildman–Crippen MR) is 67.4 cm³/mol. The molecular formula is C11H18N4O2. The molecule has 3 N–H and O–H groups in total. The standard InChI is InChI=1S/C11H18N4O2/c1-14(2)4-5-15(3)10-9(12)6-8(7-13-10)11(16)17/h6-7H,4-5,12H2,1-3H3,(H,16,17). The molecule has 1 rings (SSSR count). The van der Waals surface area contributed by atoms with Crippen LogP contribution in [0, 0.1) is 0 Å². The molecule has 6 nitrogen and oxygen atoms in total. The fraction of sp³-hybridized carbons (Fsp3) is 0.455. The second kappa shape index (κ2) is 5.49. The number of hydrogen-bond donors (Lipinski definition) is 2. The summed E-state index contributed by atoms with van der Waals surface area (Å²) in [5.74, 6) is -0.413. The summed E-state index contributed by atoms with van der Waals surface area (Å²) in [7, 11) is 5.85. The number of carboxylic acids is 1. The highest BCUT2D eigenvalue weighted by Crippen LogP contribution is 2.19. The van der Waals surface area contributed by atoms with Crippen molar-refractivity contribution in [3.63, 3.8) is 0 Å². The number of aromatic nitrogens is 1. The van der Waals surface area contributed by atoms with Crippen LogP contribution in [0.15, 0.2) is 12.3 Å². The quantitative estimate of drug-likeness (QED) is 0.770. The maximum absolute atomic E-state index is 10.7. The third-order valence-corrected chi connectivity index (χ3v) is 2.39. The number of carboxylic acid groups (broad SMARTS) is 1. The van der Waals surface area contributed by atoms with Crippen molar-refractivity contribution in [2.45, 2.75) is 0 Å². The number of rotatable bonds is 5. The van der Waals surface area contributed by atoms with E-state index in [1.54, 1.807) is 0 Å². The number of nitrogens with zero attached hydrogens (tertiary/aromatic N) is 3. The van der Waals surface area contributed by atoms with Crippen LogP contribution in [0.2, 0.25) is 0 Å². The van der Waals surface area contributed by atoms with E-state index in [0.29, 0.717) is 11.5 Å². The number of nitrogens with two attached hydrogens (primary N) is 1. The summed E-state index contributed by atoms with van der Waals surface area (Å²) < 4.78 is 0. The van der Waals surface area contributed by atoms with E-state index in [1.807, 2.05) is 26.0 Å². The van der Waals surface area contributed by atoms with Gasteiger partial charge < -0.3 is 20.6 Å². The van der Waals surface area contributed by atoms with Gasteiger partial charge in [0.1, 0.15) is 0 Å². The lowest BCUT2D eigenvalue weighted by molar-refractivity contribution is 0.0696. The van der Waals surface area contributed by atoms with Gasteiger partial charge in [-0.1, -0.05) is 0 Å². The molecule has 0 atom stereocenters. The van der Waals surface area contributed by atoms with Crippen molar-refractivity contribution in [3.05, 3.63) is 17.8 Å².